The summed E-state index contributed by atoms with van der Waals surface area (Å²) in [5.74, 6) is -4.76. The third kappa shape index (κ3) is 10.9. The van der Waals surface area contributed by atoms with Crippen LogP contribution in [0.4, 0.5) is 30.2 Å². The van der Waals surface area contributed by atoms with E-state index in [0.29, 0.717) is 23.4 Å². The predicted octanol–water partition coefficient (Wildman–Crippen LogP) is 4.87. The Labute approximate surface area is 284 Å². The number of carboxylic acid groups (broad SMARTS) is 2. The Hall–Kier alpha value is -6.22. The Bertz CT molecular complexity index is 1850. The van der Waals surface area contributed by atoms with E-state index in [1.54, 1.807) is 78.9 Å². The van der Waals surface area contributed by atoms with Crippen molar-refractivity contribution in [2.75, 3.05) is 22.9 Å². The van der Waals surface area contributed by atoms with Crippen LogP contribution in [0.25, 0.3) is 0 Å². The molecule has 50 heavy (non-hydrogen) atoms. The molecule has 15 heteroatoms. The molecule has 4 aromatic carbocycles. The fourth-order valence-corrected chi connectivity index (χ4v) is 4.69. The van der Waals surface area contributed by atoms with Gasteiger partial charge in [-0.1, -0.05) is 42.5 Å². The Kier molecular flexibility index (Phi) is 13.2. The van der Waals surface area contributed by atoms with E-state index in [4.69, 9.17) is 20.7 Å². The van der Waals surface area contributed by atoms with Gasteiger partial charge in [0.1, 0.15) is 12.3 Å². The Balaban J connectivity index is 0.000000228. The van der Waals surface area contributed by atoms with Gasteiger partial charge >= 0.3 is 18.1 Å². The van der Waals surface area contributed by atoms with Crippen LogP contribution < -0.4 is 20.9 Å². The maximum Gasteiger partial charge on any atom is 0.490 e. The van der Waals surface area contributed by atoms with Crippen molar-refractivity contribution in [2.45, 2.75) is 26.1 Å². The van der Waals surface area contributed by atoms with E-state index in [2.05, 4.69) is 10.2 Å². The van der Waals surface area contributed by atoms with Crippen LogP contribution in [0.5, 0.6) is 5.75 Å². The van der Waals surface area contributed by atoms with Crippen LogP contribution in [-0.4, -0.2) is 64.2 Å². The number of phenols is 1. The largest absolute Gasteiger partial charge is 0.508 e. The summed E-state index contributed by atoms with van der Waals surface area (Å²) >= 11 is 0. The number of nitrogens with two attached hydrogens (primary N) is 1. The van der Waals surface area contributed by atoms with E-state index in [0.717, 1.165) is 35.5 Å². The highest BCUT2D eigenvalue weighted by atomic mass is 19.4. The molecule has 0 spiro atoms. The summed E-state index contributed by atoms with van der Waals surface area (Å²) in [6, 6.07) is 28.0. The van der Waals surface area contributed by atoms with E-state index in [9.17, 15) is 37.5 Å². The Morgan fingerprint density at radius 3 is 2.10 bits per heavy atom. The zero-order valence-electron chi connectivity index (χ0n) is 26.6. The molecule has 0 saturated carbocycles. The van der Waals surface area contributed by atoms with E-state index in [-0.39, 0.29) is 17.6 Å². The molecular formula is C35H33F3N4O8. The number of hydrogen-bond acceptors (Lipinski definition) is 8. The van der Waals surface area contributed by atoms with Crippen molar-refractivity contribution in [2.24, 2.45) is 5.73 Å². The zero-order valence-corrected chi connectivity index (χ0v) is 26.6. The predicted molar refractivity (Wildman–Crippen MR) is 177 cm³/mol. The number of aromatic hydroxyl groups is 1. The van der Waals surface area contributed by atoms with Crippen molar-refractivity contribution in [1.82, 2.24) is 5.32 Å². The van der Waals surface area contributed by atoms with Gasteiger partial charge in [0.15, 0.2) is 0 Å². The first kappa shape index (κ1) is 38.2. The average molecular weight is 695 g/mol. The van der Waals surface area contributed by atoms with E-state index >= 15 is 0 Å². The fourth-order valence-electron chi connectivity index (χ4n) is 4.69. The Morgan fingerprint density at radius 1 is 0.860 bits per heavy atom. The number of nitrogens with one attached hydrogen (secondary N) is 1. The number of nitrogens with zero attached hydrogens (tertiary/aromatic N) is 2. The zero-order chi connectivity index (χ0) is 37.0. The molecule has 0 aromatic heterocycles. The molecule has 0 saturated heterocycles. The number of carbonyl (C=O) groups is 5. The molecule has 1 heterocycles. The summed E-state index contributed by atoms with van der Waals surface area (Å²) in [4.78, 5) is 58.7. The van der Waals surface area contributed by atoms with Gasteiger partial charge in [0.25, 0.3) is 11.8 Å². The molecule has 0 radical (unpaired) electrons. The molecule has 0 fully saturated rings. The third-order valence-electron chi connectivity index (χ3n) is 6.93. The van der Waals surface area contributed by atoms with E-state index in [1.807, 2.05) is 18.2 Å². The molecule has 1 aliphatic rings. The third-order valence-corrected chi connectivity index (χ3v) is 6.93. The highest BCUT2D eigenvalue weighted by Crippen LogP contribution is 2.36. The first-order chi connectivity index (χ1) is 23.6. The van der Waals surface area contributed by atoms with Gasteiger partial charge in [0.05, 0.1) is 0 Å². The summed E-state index contributed by atoms with van der Waals surface area (Å²) in [7, 11) is 0. The van der Waals surface area contributed by atoms with Crippen LogP contribution in [0.3, 0.4) is 0 Å². The monoisotopic (exact) mass is 694 g/mol. The molecule has 0 bridgehead atoms. The molecule has 1 aliphatic heterocycles. The van der Waals surface area contributed by atoms with Gasteiger partial charge in [-0.15, -0.1) is 0 Å². The van der Waals surface area contributed by atoms with Crippen molar-refractivity contribution in [3.63, 3.8) is 0 Å². The number of imide groups is 1. The number of alkyl halides is 3. The number of benzene rings is 4. The van der Waals surface area contributed by atoms with Crippen LogP contribution in [0.2, 0.25) is 0 Å². The number of fused-ring (bicyclic) bond motifs is 1. The van der Waals surface area contributed by atoms with Crippen molar-refractivity contribution in [1.29, 1.82) is 0 Å². The molecule has 4 aromatic rings. The van der Waals surface area contributed by atoms with Crippen molar-refractivity contribution >= 4 is 46.7 Å². The number of aliphatic carboxylic acids is 2. The maximum absolute atomic E-state index is 12.5. The first-order valence-corrected chi connectivity index (χ1v) is 14.8. The van der Waals surface area contributed by atoms with Gasteiger partial charge in [-0.3, -0.25) is 29.4 Å². The van der Waals surface area contributed by atoms with Crippen LogP contribution in [0, 0.1) is 0 Å². The quantitative estimate of drug-likeness (QED) is 0.178. The number of carboxylic acids is 2. The van der Waals surface area contributed by atoms with E-state index < -0.39 is 30.6 Å². The van der Waals surface area contributed by atoms with Gasteiger partial charge in [0, 0.05) is 54.3 Å². The number of hydrogen-bond donors (Lipinski definition) is 5. The second-order valence-corrected chi connectivity index (χ2v) is 10.6. The van der Waals surface area contributed by atoms with Crippen LogP contribution in [-0.2, 0) is 27.3 Å². The lowest BCUT2D eigenvalue weighted by Gasteiger charge is -2.21. The first-order valence-electron chi connectivity index (χ1n) is 14.8. The number of phenolic OH excluding ortho intramolecular Hbond substituents is 1. The average Bonchev–Trinajstić information content (AvgIpc) is 3.50. The lowest BCUT2D eigenvalue weighted by Crippen LogP contribution is -2.35. The lowest BCUT2D eigenvalue weighted by atomic mass is 10.1. The highest BCUT2D eigenvalue weighted by Gasteiger charge is 2.38. The van der Waals surface area contributed by atoms with Crippen molar-refractivity contribution < 1.29 is 52.5 Å². The second-order valence-electron chi connectivity index (χ2n) is 10.6. The molecule has 0 aliphatic carbocycles. The molecule has 6 N–H and O–H groups in total. The Morgan fingerprint density at radius 2 is 1.52 bits per heavy atom. The molecule has 12 nitrogen and oxygen atoms in total. The van der Waals surface area contributed by atoms with Crippen LogP contribution in [0.15, 0.2) is 97.1 Å². The summed E-state index contributed by atoms with van der Waals surface area (Å²) in [6.07, 6.45) is -4.21. The van der Waals surface area contributed by atoms with Crippen LogP contribution in [0.1, 0.15) is 38.8 Å². The number of anilines is 3. The van der Waals surface area contributed by atoms with Crippen molar-refractivity contribution in [3.05, 3.63) is 119 Å². The van der Waals surface area contributed by atoms with Gasteiger partial charge < -0.3 is 26.0 Å². The second kappa shape index (κ2) is 17.3. The summed E-state index contributed by atoms with van der Waals surface area (Å²) < 4.78 is 31.7. The van der Waals surface area contributed by atoms with Crippen molar-refractivity contribution in [3.8, 4) is 5.75 Å². The standard InChI is InChI=1S/C17H16N2O3.C16H16N2O3.C2HF3O2/c1-11(20)18-17(22)13-6-5-12-7-8-19(16(12)9-13)14-3-2-4-15(21)10-14;17-10-12-5-4-8-14(9-12)18(11-15(19)20)16(21)13-6-2-1-3-7-13;3-2(4,5)1(6)7/h2-6,9-10,21H,7-8H2,1H3,(H,18,20,22);1-9H,10-11,17H2,(H,19,20);(H,6,7). The minimum absolute atomic E-state index is 0.205. The molecular weight excluding hydrogens is 661 g/mol. The molecule has 0 unspecified atom stereocenters. The SMILES string of the molecule is CC(=O)NC(=O)c1ccc2c(c1)N(c1cccc(O)c1)CC2.NCc1cccc(N(CC(=O)O)C(=O)c2ccccc2)c1.O=C(O)C(F)(F)F. The van der Waals surface area contributed by atoms with Gasteiger partial charge in [-0.2, -0.15) is 13.2 Å². The number of amides is 3. The summed E-state index contributed by atoms with van der Waals surface area (Å²) in [6.45, 7) is 2.02. The van der Waals surface area contributed by atoms with Gasteiger partial charge in [-0.05, 0) is 66.1 Å². The smallest absolute Gasteiger partial charge is 0.490 e. The number of rotatable bonds is 7. The summed E-state index contributed by atoms with van der Waals surface area (Å²) in [5.41, 5.74) is 10.8. The number of carbonyl (C=O) groups excluding carboxylic acids is 3. The molecule has 5 rings (SSSR count). The maximum atomic E-state index is 12.5. The van der Waals surface area contributed by atoms with Gasteiger partial charge in [0.2, 0.25) is 5.91 Å². The minimum Gasteiger partial charge on any atom is -0.508 e. The van der Waals surface area contributed by atoms with E-state index in [1.165, 1.54) is 11.8 Å². The van der Waals surface area contributed by atoms with Crippen LogP contribution >= 0.6 is 0 Å². The highest BCUT2D eigenvalue weighted by molar-refractivity contribution is 6.08. The topological polar surface area (TPSA) is 191 Å². The molecule has 262 valence electrons. The number of halogens is 3. The molecule has 3 amide bonds. The molecule has 0 atom stereocenters. The minimum atomic E-state index is -5.08. The normalized spacial score (nSPS) is 11.5. The summed E-state index contributed by atoms with van der Waals surface area (Å²) in [5, 5.41) is 28.1. The fraction of sp³-hybridized carbons (Fsp3) is 0.171. The lowest BCUT2D eigenvalue weighted by molar-refractivity contribution is -0.192. The van der Waals surface area contributed by atoms with Gasteiger partial charge in [-0.25, -0.2) is 4.79 Å².